The van der Waals surface area contributed by atoms with E-state index in [0.29, 0.717) is 12.8 Å². The molecule has 2 atom stereocenters. The van der Waals surface area contributed by atoms with Crippen molar-refractivity contribution in [1.82, 2.24) is 5.32 Å². The average Bonchev–Trinajstić information content (AvgIpc) is 2.58. The molecule has 2 unspecified atom stereocenters. The molecule has 0 bridgehead atoms. The van der Waals surface area contributed by atoms with Crippen molar-refractivity contribution in [3.8, 4) is 0 Å². The molecule has 0 radical (unpaired) electrons. The van der Waals surface area contributed by atoms with Crippen LogP contribution in [0, 0.1) is 5.92 Å². The molecule has 1 amide bonds. The molecule has 5 heteroatoms. The van der Waals surface area contributed by atoms with Crippen LogP contribution in [0.2, 0.25) is 0 Å². The van der Waals surface area contributed by atoms with E-state index in [9.17, 15) is 14.7 Å². The van der Waals surface area contributed by atoms with Gasteiger partial charge in [0, 0.05) is 18.2 Å². The predicted molar refractivity (Wildman–Crippen MR) is 99.4 cm³/mol. The van der Waals surface area contributed by atoms with Crippen molar-refractivity contribution < 1.29 is 14.7 Å². The molecule has 2 aromatic carbocycles. The third kappa shape index (κ3) is 4.99. The molecule has 0 heterocycles. The van der Waals surface area contributed by atoms with Crippen molar-refractivity contribution in [2.24, 2.45) is 5.92 Å². The topological polar surface area (TPSA) is 66.4 Å². The zero-order valence-corrected chi connectivity index (χ0v) is 14.8. The van der Waals surface area contributed by atoms with E-state index < -0.39 is 11.9 Å². The molecule has 0 saturated carbocycles. The Hall–Kier alpha value is -2.01. The number of aliphatic carboxylic acids is 1. The van der Waals surface area contributed by atoms with Gasteiger partial charge < -0.3 is 10.4 Å². The highest BCUT2D eigenvalue weighted by Crippen LogP contribution is 2.21. The van der Waals surface area contributed by atoms with E-state index in [1.54, 1.807) is 11.8 Å². The van der Waals surface area contributed by atoms with E-state index in [1.165, 1.54) is 0 Å². The van der Waals surface area contributed by atoms with Crippen LogP contribution in [0.15, 0.2) is 42.5 Å². The van der Waals surface area contributed by atoms with Gasteiger partial charge in [-0.3, -0.25) is 9.59 Å². The molecule has 0 aliphatic carbocycles. The number of thioether (sulfide) groups is 1. The van der Waals surface area contributed by atoms with Crippen LogP contribution in [0.3, 0.4) is 0 Å². The fraction of sp³-hybridized carbons (Fsp3) is 0.368. The molecule has 0 aliphatic rings. The van der Waals surface area contributed by atoms with Crippen molar-refractivity contribution in [2.45, 2.75) is 25.0 Å². The number of nitrogens with one attached hydrogen (secondary N) is 1. The van der Waals surface area contributed by atoms with E-state index in [1.807, 2.05) is 55.6 Å². The SMILES string of the molecule is CSC(C)CC(=O)NCC(Cc1cccc2ccccc12)C(=O)O. The number of rotatable bonds is 8. The van der Waals surface area contributed by atoms with E-state index in [4.69, 9.17) is 0 Å². The summed E-state index contributed by atoms with van der Waals surface area (Å²) in [5.41, 5.74) is 0.993. The van der Waals surface area contributed by atoms with Gasteiger partial charge in [0.1, 0.15) is 0 Å². The predicted octanol–water partition coefficient (Wildman–Crippen LogP) is 3.34. The minimum Gasteiger partial charge on any atom is -0.481 e. The van der Waals surface area contributed by atoms with Crippen LogP contribution < -0.4 is 5.32 Å². The number of carbonyl (C=O) groups excluding carboxylic acids is 1. The summed E-state index contributed by atoms with van der Waals surface area (Å²) in [6.45, 7) is 2.13. The molecule has 24 heavy (non-hydrogen) atoms. The third-order valence-corrected chi connectivity index (χ3v) is 5.09. The maximum Gasteiger partial charge on any atom is 0.308 e. The highest BCUT2D eigenvalue weighted by molar-refractivity contribution is 7.99. The van der Waals surface area contributed by atoms with Gasteiger partial charge >= 0.3 is 5.97 Å². The quantitative estimate of drug-likeness (QED) is 0.770. The summed E-state index contributed by atoms with van der Waals surface area (Å²) in [6, 6.07) is 13.8. The van der Waals surface area contributed by atoms with Crippen LogP contribution in [-0.2, 0) is 16.0 Å². The molecule has 0 aliphatic heterocycles. The van der Waals surface area contributed by atoms with Gasteiger partial charge in [-0.15, -0.1) is 0 Å². The Labute approximate surface area is 146 Å². The molecule has 2 aromatic rings. The standard InChI is InChI=1S/C19H23NO3S/c1-13(24-2)10-18(21)20-12-16(19(22)23)11-15-8-5-7-14-6-3-4-9-17(14)15/h3-9,13,16H,10-12H2,1-2H3,(H,20,21)(H,22,23). The molecule has 128 valence electrons. The van der Waals surface area contributed by atoms with Gasteiger partial charge in [-0.05, 0) is 29.0 Å². The smallest absolute Gasteiger partial charge is 0.308 e. The van der Waals surface area contributed by atoms with Crippen LogP contribution >= 0.6 is 11.8 Å². The summed E-state index contributed by atoms with van der Waals surface area (Å²) < 4.78 is 0. The first kappa shape index (κ1) is 18.3. The zero-order chi connectivity index (χ0) is 17.5. The van der Waals surface area contributed by atoms with Crippen molar-refractivity contribution in [1.29, 1.82) is 0 Å². The number of fused-ring (bicyclic) bond motifs is 1. The lowest BCUT2D eigenvalue weighted by atomic mass is 9.95. The Morgan fingerprint density at radius 3 is 2.58 bits per heavy atom. The van der Waals surface area contributed by atoms with E-state index in [-0.39, 0.29) is 17.7 Å². The fourth-order valence-corrected chi connectivity index (χ4v) is 2.95. The first-order chi connectivity index (χ1) is 11.5. The lowest BCUT2D eigenvalue weighted by Crippen LogP contribution is -2.35. The number of carbonyl (C=O) groups is 2. The number of hydrogen-bond acceptors (Lipinski definition) is 3. The minimum absolute atomic E-state index is 0.0963. The summed E-state index contributed by atoms with van der Waals surface area (Å²) in [5.74, 6) is -1.62. The van der Waals surface area contributed by atoms with Gasteiger partial charge in [0.15, 0.2) is 0 Å². The lowest BCUT2D eigenvalue weighted by Gasteiger charge is -2.16. The molecular formula is C19H23NO3S. The van der Waals surface area contributed by atoms with Crippen LogP contribution in [0.5, 0.6) is 0 Å². The summed E-state index contributed by atoms with van der Waals surface area (Å²) in [5, 5.41) is 14.6. The van der Waals surface area contributed by atoms with Gasteiger partial charge in [0.2, 0.25) is 5.91 Å². The maximum absolute atomic E-state index is 11.9. The number of benzene rings is 2. The second-order valence-corrected chi connectivity index (χ2v) is 7.21. The van der Waals surface area contributed by atoms with Gasteiger partial charge in [-0.25, -0.2) is 0 Å². The normalized spacial score (nSPS) is 13.4. The van der Waals surface area contributed by atoms with Gasteiger partial charge in [0.25, 0.3) is 0 Å². The Bertz CT molecular complexity index is 711. The number of carboxylic acid groups (broad SMARTS) is 1. The summed E-state index contributed by atoms with van der Waals surface area (Å²) >= 11 is 1.62. The molecule has 0 aromatic heterocycles. The average molecular weight is 345 g/mol. The van der Waals surface area contributed by atoms with Gasteiger partial charge in [0.05, 0.1) is 5.92 Å². The van der Waals surface area contributed by atoms with Gasteiger partial charge in [-0.1, -0.05) is 49.4 Å². The van der Waals surface area contributed by atoms with Gasteiger partial charge in [-0.2, -0.15) is 11.8 Å². The van der Waals surface area contributed by atoms with E-state index in [2.05, 4.69) is 5.32 Å². The second kappa shape index (κ2) is 8.73. The minimum atomic E-state index is -0.888. The molecular weight excluding hydrogens is 322 g/mol. The lowest BCUT2D eigenvalue weighted by molar-refractivity contribution is -0.141. The first-order valence-corrected chi connectivity index (χ1v) is 9.29. The highest BCUT2D eigenvalue weighted by atomic mass is 32.2. The molecule has 4 nitrogen and oxygen atoms in total. The fourth-order valence-electron chi connectivity index (χ4n) is 2.64. The Morgan fingerprint density at radius 2 is 1.88 bits per heavy atom. The zero-order valence-electron chi connectivity index (χ0n) is 14.0. The third-order valence-electron chi connectivity index (χ3n) is 4.12. The molecule has 2 N–H and O–H groups in total. The monoisotopic (exact) mass is 345 g/mol. The van der Waals surface area contributed by atoms with Crippen LogP contribution in [0.1, 0.15) is 18.9 Å². The molecule has 0 spiro atoms. The largest absolute Gasteiger partial charge is 0.481 e. The number of hydrogen-bond donors (Lipinski definition) is 2. The Morgan fingerprint density at radius 1 is 1.17 bits per heavy atom. The van der Waals surface area contributed by atoms with Crippen LogP contribution in [0.4, 0.5) is 0 Å². The molecule has 2 rings (SSSR count). The van der Waals surface area contributed by atoms with Crippen molar-refractivity contribution in [3.63, 3.8) is 0 Å². The molecule has 0 fully saturated rings. The number of amides is 1. The van der Waals surface area contributed by atoms with Crippen LogP contribution in [-0.4, -0.2) is 35.0 Å². The van der Waals surface area contributed by atoms with E-state index in [0.717, 1.165) is 16.3 Å². The molecule has 0 saturated heterocycles. The second-order valence-electron chi connectivity index (χ2n) is 5.93. The maximum atomic E-state index is 11.9. The Balaban J connectivity index is 2.06. The van der Waals surface area contributed by atoms with Crippen molar-refractivity contribution >= 4 is 34.4 Å². The summed E-state index contributed by atoms with van der Waals surface area (Å²) in [7, 11) is 0. The van der Waals surface area contributed by atoms with Crippen LogP contribution in [0.25, 0.3) is 10.8 Å². The summed E-state index contributed by atoms with van der Waals surface area (Å²) in [4.78, 5) is 23.5. The van der Waals surface area contributed by atoms with Crippen molar-refractivity contribution in [2.75, 3.05) is 12.8 Å². The highest BCUT2D eigenvalue weighted by Gasteiger charge is 2.20. The Kier molecular flexibility index (Phi) is 6.67. The van der Waals surface area contributed by atoms with E-state index >= 15 is 0 Å². The summed E-state index contributed by atoms with van der Waals surface area (Å²) in [6.07, 6.45) is 2.76. The number of carboxylic acids is 1. The first-order valence-electron chi connectivity index (χ1n) is 8.00. The van der Waals surface area contributed by atoms with Crippen molar-refractivity contribution in [3.05, 3.63) is 48.0 Å².